The summed E-state index contributed by atoms with van der Waals surface area (Å²) in [6, 6.07) is 17.3. The molecule has 9 nitrogen and oxygen atoms in total. The average Bonchev–Trinajstić information content (AvgIpc) is 2.78. The van der Waals surface area contributed by atoms with E-state index in [2.05, 4.69) is 10.5 Å². The van der Waals surface area contributed by atoms with Gasteiger partial charge in [0.05, 0.1) is 23.8 Å². The molecule has 0 aliphatic carbocycles. The second kappa shape index (κ2) is 9.88. The smallest absolute Gasteiger partial charge is 0.275 e. The molecule has 0 saturated heterocycles. The molecule has 0 bridgehead atoms. The number of amides is 1. The van der Waals surface area contributed by atoms with Gasteiger partial charge in [-0.3, -0.25) is 14.9 Å². The molecule has 31 heavy (non-hydrogen) atoms. The summed E-state index contributed by atoms with van der Waals surface area (Å²) in [5.74, 6) is 0.135. The average molecular weight is 421 g/mol. The Kier molecular flexibility index (Phi) is 6.79. The van der Waals surface area contributed by atoms with Gasteiger partial charge in [-0.1, -0.05) is 18.2 Å². The van der Waals surface area contributed by atoms with Crippen molar-refractivity contribution in [2.24, 2.45) is 5.10 Å². The van der Waals surface area contributed by atoms with E-state index in [0.717, 1.165) is 5.56 Å². The summed E-state index contributed by atoms with van der Waals surface area (Å²) in [4.78, 5) is 22.5. The molecule has 3 rings (SSSR count). The lowest BCUT2D eigenvalue weighted by molar-refractivity contribution is -0.384. The molecule has 0 aromatic heterocycles. The first-order chi connectivity index (χ1) is 15.0. The number of hydrogen-bond acceptors (Lipinski definition) is 7. The molecule has 3 aromatic carbocycles. The quantitative estimate of drug-likeness (QED) is 0.325. The predicted molar refractivity (Wildman–Crippen MR) is 114 cm³/mol. The second-order valence-corrected chi connectivity index (χ2v) is 6.31. The molecule has 0 fully saturated rings. The van der Waals surface area contributed by atoms with Gasteiger partial charge in [0, 0.05) is 17.7 Å². The fraction of sp³-hybridized carbons (Fsp3) is 0.0909. The third-order valence-corrected chi connectivity index (χ3v) is 4.28. The topological polar surface area (TPSA) is 123 Å². The van der Waals surface area contributed by atoms with E-state index in [-0.39, 0.29) is 23.6 Å². The van der Waals surface area contributed by atoms with Crippen LogP contribution in [0.4, 0.5) is 5.69 Å². The van der Waals surface area contributed by atoms with Crippen LogP contribution in [0.3, 0.4) is 0 Å². The fourth-order valence-electron chi connectivity index (χ4n) is 2.71. The number of ether oxygens (including phenoxy) is 2. The summed E-state index contributed by atoms with van der Waals surface area (Å²) in [6.07, 6.45) is 1.39. The number of carbonyl (C=O) groups excluding carboxylic acids is 1. The molecule has 1 amide bonds. The number of phenols is 1. The molecule has 3 aromatic rings. The molecule has 0 radical (unpaired) electrons. The monoisotopic (exact) mass is 421 g/mol. The molecule has 0 heterocycles. The highest BCUT2D eigenvalue weighted by Crippen LogP contribution is 2.31. The Hall–Kier alpha value is -4.40. The van der Waals surface area contributed by atoms with Gasteiger partial charge in [0.25, 0.3) is 11.6 Å². The van der Waals surface area contributed by atoms with Crippen LogP contribution >= 0.6 is 0 Å². The Bertz CT molecular complexity index is 1110. The summed E-state index contributed by atoms with van der Waals surface area (Å²) >= 11 is 0. The molecule has 9 heteroatoms. The zero-order chi connectivity index (χ0) is 22.2. The van der Waals surface area contributed by atoms with E-state index in [1.807, 2.05) is 0 Å². The molecule has 0 aliphatic rings. The SMILES string of the molecule is COc1cccc(/C=N\NC(=O)c2ccccc2O)c1OCc1ccc([N+](=O)[O-])cc1. The van der Waals surface area contributed by atoms with Crippen molar-refractivity contribution >= 4 is 17.8 Å². The summed E-state index contributed by atoms with van der Waals surface area (Å²) in [6.45, 7) is 0.142. The molecule has 0 spiro atoms. The van der Waals surface area contributed by atoms with Crippen LogP contribution in [-0.2, 0) is 6.61 Å². The van der Waals surface area contributed by atoms with Crippen molar-refractivity contribution in [2.45, 2.75) is 6.61 Å². The van der Waals surface area contributed by atoms with E-state index in [9.17, 15) is 20.0 Å². The molecule has 158 valence electrons. The largest absolute Gasteiger partial charge is 0.507 e. The Morgan fingerprint density at radius 1 is 1.13 bits per heavy atom. The first-order valence-corrected chi connectivity index (χ1v) is 9.14. The highest BCUT2D eigenvalue weighted by molar-refractivity contribution is 5.97. The van der Waals surface area contributed by atoms with Gasteiger partial charge in [0.15, 0.2) is 11.5 Å². The maximum Gasteiger partial charge on any atom is 0.275 e. The lowest BCUT2D eigenvalue weighted by Crippen LogP contribution is -2.17. The number of hydrazone groups is 1. The fourth-order valence-corrected chi connectivity index (χ4v) is 2.71. The number of hydrogen-bond donors (Lipinski definition) is 2. The van der Waals surface area contributed by atoms with Crippen molar-refractivity contribution in [3.05, 3.63) is 93.5 Å². The van der Waals surface area contributed by atoms with Crippen molar-refractivity contribution in [1.82, 2.24) is 5.43 Å². The Morgan fingerprint density at radius 2 is 1.87 bits per heavy atom. The van der Waals surface area contributed by atoms with Crippen molar-refractivity contribution in [1.29, 1.82) is 0 Å². The number of nitrogens with one attached hydrogen (secondary N) is 1. The number of nitro benzene ring substituents is 1. The maximum absolute atomic E-state index is 12.2. The second-order valence-electron chi connectivity index (χ2n) is 6.31. The van der Waals surface area contributed by atoms with Crippen molar-refractivity contribution < 1.29 is 24.3 Å². The van der Waals surface area contributed by atoms with Crippen LogP contribution in [0.5, 0.6) is 17.2 Å². The van der Waals surface area contributed by atoms with E-state index >= 15 is 0 Å². The van der Waals surface area contributed by atoms with E-state index in [0.29, 0.717) is 17.1 Å². The minimum Gasteiger partial charge on any atom is -0.507 e. The standard InChI is InChI=1S/C22H19N3O6/c1-30-20-8-4-5-16(13-23-24-22(27)18-6-2-3-7-19(18)26)21(20)31-14-15-9-11-17(12-10-15)25(28)29/h2-13,26H,14H2,1H3,(H,24,27)/b23-13-. The predicted octanol–water partition coefficient (Wildman–Crippen LogP) is 3.65. The summed E-state index contributed by atoms with van der Waals surface area (Å²) in [5.41, 5.74) is 3.72. The van der Waals surface area contributed by atoms with E-state index in [4.69, 9.17) is 9.47 Å². The summed E-state index contributed by atoms with van der Waals surface area (Å²) in [7, 11) is 1.49. The van der Waals surface area contributed by atoms with Crippen LogP contribution in [0.15, 0.2) is 71.8 Å². The van der Waals surface area contributed by atoms with Crippen LogP contribution in [0.25, 0.3) is 0 Å². The van der Waals surface area contributed by atoms with E-state index < -0.39 is 10.8 Å². The lowest BCUT2D eigenvalue weighted by Gasteiger charge is -2.13. The van der Waals surface area contributed by atoms with Crippen LogP contribution < -0.4 is 14.9 Å². The molecule has 0 saturated carbocycles. The van der Waals surface area contributed by atoms with Gasteiger partial charge >= 0.3 is 0 Å². The number of rotatable bonds is 8. The van der Waals surface area contributed by atoms with Crippen LogP contribution in [0.2, 0.25) is 0 Å². The number of aromatic hydroxyl groups is 1. The molecule has 2 N–H and O–H groups in total. The summed E-state index contributed by atoms with van der Waals surface area (Å²) in [5, 5.41) is 24.5. The van der Waals surface area contributed by atoms with Crippen molar-refractivity contribution in [2.75, 3.05) is 7.11 Å². The highest BCUT2D eigenvalue weighted by Gasteiger charge is 2.12. The van der Waals surface area contributed by atoms with E-state index in [1.54, 1.807) is 42.5 Å². The number of methoxy groups -OCH3 is 1. The maximum atomic E-state index is 12.2. The normalized spacial score (nSPS) is 10.6. The Morgan fingerprint density at radius 3 is 2.55 bits per heavy atom. The number of para-hydroxylation sites is 2. The number of non-ortho nitro benzene ring substituents is 1. The van der Waals surface area contributed by atoms with Gasteiger partial charge in [-0.2, -0.15) is 5.10 Å². The minimum atomic E-state index is -0.564. The summed E-state index contributed by atoms with van der Waals surface area (Å²) < 4.78 is 11.2. The minimum absolute atomic E-state index is 0.00550. The first kappa shape index (κ1) is 21.3. The molecule has 0 unspecified atom stereocenters. The van der Waals surface area contributed by atoms with Gasteiger partial charge in [0.2, 0.25) is 0 Å². The zero-order valence-corrected chi connectivity index (χ0v) is 16.5. The van der Waals surface area contributed by atoms with Gasteiger partial charge in [-0.25, -0.2) is 5.43 Å². The molecular formula is C22H19N3O6. The Labute approximate surface area is 177 Å². The van der Waals surface area contributed by atoms with Crippen LogP contribution in [-0.4, -0.2) is 29.3 Å². The van der Waals surface area contributed by atoms with Gasteiger partial charge in [0.1, 0.15) is 12.4 Å². The van der Waals surface area contributed by atoms with Crippen molar-refractivity contribution in [3.63, 3.8) is 0 Å². The lowest BCUT2D eigenvalue weighted by atomic mass is 10.2. The molecule has 0 atom stereocenters. The number of nitrogens with zero attached hydrogens (tertiary/aromatic N) is 2. The number of phenolic OH excluding ortho intramolecular Hbond substituents is 1. The third kappa shape index (κ3) is 5.36. The molecular weight excluding hydrogens is 402 g/mol. The van der Waals surface area contributed by atoms with Crippen LogP contribution in [0.1, 0.15) is 21.5 Å². The highest BCUT2D eigenvalue weighted by atomic mass is 16.6. The van der Waals surface area contributed by atoms with Crippen molar-refractivity contribution in [3.8, 4) is 17.2 Å². The van der Waals surface area contributed by atoms with Gasteiger partial charge in [-0.15, -0.1) is 0 Å². The van der Waals surface area contributed by atoms with Crippen LogP contribution in [0, 0.1) is 10.1 Å². The number of nitro groups is 1. The van der Waals surface area contributed by atoms with E-state index in [1.165, 1.54) is 37.6 Å². The number of carbonyl (C=O) groups is 1. The Balaban J connectivity index is 1.74. The number of benzene rings is 3. The third-order valence-electron chi connectivity index (χ3n) is 4.28. The first-order valence-electron chi connectivity index (χ1n) is 9.14. The zero-order valence-electron chi connectivity index (χ0n) is 16.5. The van der Waals surface area contributed by atoms with Gasteiger partial charge in [-0.05, 0) is 42.0 Å². The molecule has 0 aliphatic heterocycles. The van der Waals surface area contributed by atoms with Gasteiger partial charge < -0.3 is 14.6 Å².